The number of nitrogens with zero attached hydrogens (tertiary/aromatic N) is 2. The van der Waals surface area contributed by atoms with Crippen molar-refractivity contribution < 1.29 is 43.2 Å². The van der Waals surface area contributed by atoms with E-state index in [1.54, 1.807) is 0 Å². The van der Waals surface area contributed by atoms with Crippen LogP contribution in [0.25, 0.3) is 0 Å². The summed E-state index contributed by atoms with van der Waals surface area (Å²) in [7, 11) is -2.98. The number of hydrogen-bond acceptors (Lipinski definition) is 5. The van der Waals surface area contributed by atoms with E-state index in [0.29, 0.717) is 0 Å². The molecular weight excluding hydrogens is 211 g/mol. The summed E-state index contributed by atoms with van der Waals surface area (Å²) in [5.74, 6) is 0.221. The zero-order chi connectivity index (χ0) is 9.70. The minimum atomic E-state index is -2.98. The van der Waals surface area contributed by atoms with Gasteiger partial charge in [-0.1, -0.05) is 0 Å². The van der Waals surface area contributed by atoms with Crippen molar-refractivity contribution in [1.82, 2.24) is 0 Å². The maximum Gasteiger partial charge on any atom is 1.00 e. The summed E-state index contributed by atoms with van der Waals surface area (Å²) in [4.78, 5) is 9.55. The fourth-order valence-electron chi connectivity index (χ4n) is 0.122. The average molecular weight is 215 g/mol. The summed E-state index contributed by atoms with van der Waals surface area (Å²) in [6.07, 6.45) is 0. The first-order valence-corrected chi connectivity index (χ1v) is 3.87. The Morgan fingerprint density at radius 2 is 1.75 bits per heavy atom. The van der Waals surface area contributed by atoms with Gasteiger partial charge in [0.1, 0.15) is 0 Å². The molecule has 0 amide bonds. The Bertz CT molecular complexity index is 126. The van der Waals surface area contributed by atoms with Gasteiger partial charge in [-0.05, 0) is 0 Å². The van der Waals surface area contributed by atoms with Gasteiger partial charge in [0.15, 0.2) is 0 Å². The first kappa shape index (κ1) is 22.6. The third kappa shape index (κ3) is 51.7. The molecule has 0 rings (SSSR count). The molecule has 0 unspecified atom stereocenters. The third-order valence-corrected chi connectivity index (χ3v) is 0.891. The van der Waals surface area contributed by atoms with Crippen LogP contribution in [0.5, 0.6) is 0 Å². The molecule has 0 heterocycles. The van der Waals surface area contributed by atoms with Crippen molar-refractivity contribution in [2.45, 2.75) is 0 Å². The molecule has 0 aromatic rings. The maximum absolute atomic E-state index is 9.55. The molecule has 0 fully saturated rings. The minimum absolute atomic E-state index is 0. The molecule has 0 aliphatic carbocycles. The van der Waals surface area contributed by atoms with Gasteiger partial charge >= 0.3 is 38.7 Å². The van der Waals surface area contributed by atoms with Crippen molar-refractivity contribution in [3.63, 3.8) is 0 Å². The van der Waals surface area contributed by atoms with E-state index in [1.807, 2.05) is 0 Å². The van der Waals surface area contributed by atoms with Crippen LogP contribution in [0, 0.1) is 23.7 Å². The van der Waals surface area contributed by atoms with Gasteiger partial charge in [-0.15, -0.1) is 11.6 Å². The molecule has 0 atom stereocenters. The molecule has 0 aromatic heterocycles. The molecule has 0 N–H and O–H groups in total. The van der Waals surface area contributed by atoms with Crippen LogP contribution in [0.2, 0.25) is 0 Å². The topological polar surface area (TPSA) is 96.9 Å². The summed E-state index contributed by atoms with van der Waals surface area (Å²) >= 11 is 5.06. The SMILES string of the molecule is O=[Si]([O-])OCCCl.[C-]#N.[C-]#N.[Na+]. The predicted molar refractivity (Wildman–Crippen MR) is 33.0 cm³/mol. The second-order valence-corrected chi connectivity index (χ2v) is 1.95. The molecule has 62 valence electrons. The van der Waals surface area contributed by atoms with E-state index in [2.05, 4.69) is 4.43 Å². The van der Waals surface area contributed by atoms with Crippen molar-refractivity contribution in [2.24, 2.45) is 0 Å². The molecule has 0 spiro atoms. The Morgan fingerprint density at radius 1 is 1.42 bits per heavy atom. The van der Waals surface area contributed by atoms with Crippen molar-refractivity contribution >= 4 is 20.8 Å². The van der Waals surface area contributed by atoms with E-state index in [4.69, 9.17) is 35.3 Å². The Hall–Kier alpha value is -0.113. The zero-order valence-electron chi connectivity index (χ0n) is 6.41. The summed E-state index contributed by atoms with van der Waals surface area (Å²) in [6.45, 7) is 9.59. The second kappa shape index (κ2) is 30.7. The van der Waals surface area contributed by atoms with Crippen molar-refractivity contribution in [2.75, 3.05) is 12.5 Å². The Kier molecular flexibility index (Phi) is 58.0. The minimum Gasteiger partial charge on any atom is -0.587 e. The van der Waals surface area contributed by atoms with Crippen LogP contribution < -0.4 is 34.4 Å². The molecule has 0 bridgehead atoms. The van der Waals surface area contributed by atoms with Crippen molar-refractivity contribution in [3.8, 4) is 0 Å². The van der Waals surface area contributed by atoms with E-state index < -0.39 is 9.17 Å². The number of alkyl halides is 1. The Balaban J connectivity index is -0.0000000560. The molecule has 0 radical (unpaired) electrons. The normalized spacial score (nSPS) is 5.08. The predicted octanol–water partition coefficient (Wildman–Crippen LogP) is -3.79. The standard InChI is InChI=1S/C2H4ClO3Si.2CN.Na/c3-1-2-6-7(4)5;2*1-2;/h1-2H2;;;/q3*-1;+1. The quantitative estimate of drug-likeness (QED) is 0.273. The van der Waals surface area contributed by atoms with E-state index >= 15 is 0 Å². The Labute approximate surface area is 99.7 Å². The van der Waals surface area contributed by atoms with Crippen molar-refractivity contribution in [3.05, 3.63) is 13.1 Å². The second-order valence-electron chi connectivity index (χ2n) is 0.787. The van der Waals surface area contributed by atoms with Gasteiger partial charge in [0, 0.05) is 12.5 Å². The largest absolute Gasteiger partial charge is 1.00 e. The van der Waals surface area contributed by atoms with Crippen LogP contribution in [0.4, 0.5) is 0 Å². The number of rotatable bonds is 3. The van der Waals surface area contributed by atoms with Crippen molar-refractivity contribution in [1.29, 1.82) is 10.5 Å². The fourth-order valence-corrected chi connectivity index (χ4v) is 0.597. The molecule has 0 saturated heterocycles. The van der Waals surface area contributed by atoms with E-state index in [0.717, 1.165) is 0 Å². The van der Waals surface area contributed by atoms with Crippen LogP contribution in [0.1, 0.15) is 0 Å². The van der Waals surface area contributed by atoms with Crippen LogP contribution in [0.3, 0.4) is 0 Å². The zero-order valence-corrected chi connectivity index (χ0v) is 10.2. The molecule has 12 heavy (non-hydrogen) atoms. The number of hydrogen-bond donors (Lipinski definition) is 0. The van der Waals surface area contributed by atoms with Gasteiger partial charge in [0.2, 0.25) is 0 Å². The molecule has 0 aromatic carbocycles. The first-order chi connectivity index (χ1) is 5.27. The van der Waals surface area contributed by atoms with Crippen LogP contribution in [0.15, 0.2) is 0 Å². The molecule has 5 nitrogen and oxygen atoms in total. The van der Waals surface area contributed by atoms with Gasteiger partial charge in [-0.3, -0.25) is 0 Å². The summed E-state index contributed by atoms with van der Waals surface area (Å²) < 4.78 is 13.6. The average Bonchev–Trinajstić information content (AvgIpc) is 2.08. The molecule has 0 aliphatic rings. The van der Waals surface area contributed by atoms with Gasteiger partial charge in [0.05, 0.1) is 0 Å². The Morgan fingerprint density at radius 3 is 1.83 bits per heavy atom. The number of halogens is 1. The summed E-state index contributed by atoms with van der Waals surface area (Å²) in [5, 5.41) is 12.5. The molecular formula is C4H4ClN2NaO3Si-2. The van der Waals surface area contributed by atoms with E-state index in [1.165, 1.54) is 0 Å². The fraction of sp³-hybridized carbons (Fsp3) is 0.500. The third-order valence-electron chi connectivity index (χ3n) is 0.297. The molecule has 0 aliphatic heterocycles. The van der Waals surface area contributed by atoms with E-state index in [9.17, 15) is 9.26 Å². The molecule has 0 saturated carbocycles. The van der Waals surface area contributed by atoms with Gasteiger partial charge in [-0.25, -0.2) is 0 Å². The van der Waals surface area contributed by atoms with Crippen LogP contribution in [-0.2, 0) is 8.89 Å². The smallest absolute Gasteiger partial charge is 0.587 e. The summed E-state index contributed by atoms with van der Waals surface area (Å²) in [6, 6.07) is 0. The maximum atomic E-state index is 9.55. The van der Waals surface area contributed by atoms with Crippen LogP contribution >= 0.6 is 11.6 Å². The first-order valence-electron chi connectivity index (χ1n) is 2.12. The van der Waals surface area contributed by atoms with Gasteiger partial charge in [0.25, 0.3) is 0 Å². The van der Waals surface area contributed by atoms with Gasteiger partial charge in [-0.2, -0.15) is 0 Å². The monoisotopic (exact) mass is 214 g/mol. The van der Waals surface area contributed by atoms with E-state index in [-0.39, 0.29) is 42.0 Å². The molecule has 8 heteroatoms. The van der Waals surface area contributed by atoms with Crippen LogP contribution in [-0.4, -0.2) is 21.7 Å². The summed E-state index contributed by atoms with van der Waals surface area (Å²) in [5.41, 5.74) is 0. The van der Waals surface area contributed by atoms with Gasteiger partial charge < -0.3 is 37.4 Å².